The normalized spacial score (nSPS) is 15.0. The second kappa shape index (κ2) is 8.28. The van der Waals surface area contributed by atoms with E-state index >= 15 is 0 Å². The quantitative estimate of drug-likeness (QED) is 0.731. The number of carbonyl (C=O) groups excluding carboxylic acids is 1. The number of halogens is 3. The highest BCUT2D eigenvalue weighted by Gasteiger charge is 2.31. The maximum absolute atomic E-state index is 12.7. The number of anilines is 1. The SMILES string of the molecule is C[C@H](CO)NC(=O)c1ccc(Oc2ccc(C(F)(F)F)cc2)c(N(C)C2CC2)n1. The molecule has 0 bridgehead atoms. The van der Waals surface area contributed by atoms with Crippen molar-refractivity contribution in [2.75, 3.05) is 18.6 Å². The number of benzene rings is 1. The zero-order chi connectivity index (χ0) is 21.2. The average Bonchev–Trinajstić information content (AvgIpc) is 3.52. The van der Waals surface area contributed by atoms with Crippen LogP contribution < -0.4 is 15.0 Å². The third-order valence-electron chi connectivity index (χ3n) is 4.56. The second-order valence-corrected chi connectivity index (χ2v) is 7.04. The molecule has 156 valence electrons. The smallest absolute Gasteiger partial charge is 0.416 e. The predicted molar refractivity (Wildman–Crippen MR) is 101 cm³/mol. The van der Waals surface area contributed by atoms with Gasteiger partial charge in [0.2, 0.25) is 0 Å². The molecule has 0 radical (unpaired) electrons. The summed E-state index contributed by atoms with van der Waals surface area (Å²) in [6.45, 7) is 1.47. The number of hydrogen-bond acceptors (Lipinski definition) is 5. The molecule has 1 heterocycles. The number of aromatic nitrogens is 1. The fourth-order valence-corrected chi connectivity index (χ4v) is 2.71. The summed E-state index contributed by atoms with van der Waals surface area (Å²) in [5, 5.41) is 11.7. The maximum atomic E-state index is 12.7. The van der Waals surface area contributed by atoms with Crippen molar-refractivity contribution in [3.63, 3.8) is 0 Å². The Bertz CT molecular complexity index is 868. The highest BCUT2D eigenvalue weighted by atomic mass is 19.4. The van der Waals surface area contributed by atoms with Gasteiger partial charge in [-0.2, -0.15) is 13.2 Å². The number of carbonyl (C=O) groups is 1. The first-order valence-electron chi connectivity index (χ1n) is 9.19. The first kappa shape index (κ1) is 20.9. The summed E-state index contributed by atoms with van der Waals surface area (Å²) in [4.78, 5) is 18.6. The molecule has 0 spiro atoms. The lowest BCUT2D eigenvalue weighted by Crippen LogP contribution is -2.35. The van der Waals surface area contributed by atoms with Crippen LogP contribution >= 0.6 is 0 Å². The van der Waals surface area contributed by atoms with E-state index in [2.05, 4.69) is 10.3 Å². The number of alkyl halides is 3. The lowest BCUT2D eigenvalue weighted by molar-refractivity contribution is -0.137. The molecule has 6 nitrogen and oxygen atoms in total. The summed E-state index contributed by atoms with van der Waals surface area (Å²) in [6, 6.07) is 7.28. The van der Waals surface area contributed by atoms with E-state index in [0.717, 1.165) is 25.0 Å². The fourth-order valence-electron chi connectivity index (χ4n) is 2.71. The van der Waals surface area contributed by atoms with E-state index in [1.165, 1.54) is 18.2 Å². The molecule has 1 aliphatic rings. The van der Waals surface area contributed by atoms with Gasteiger partial charge in [-0.05, 0) is 56.2 Å². The largest absolute Gasteiger partial charge is 0.453 e. The Hall–Kier alpha value is -2.81. The molecule has 1 fully saturated rings. The van der Waals surface area contributed by atoms with Crippen LogP contribution in [-0.2, 0) is 6.18 Å². The van der Waals surface area contributed by atoms with Crippen molar-refractivity contribution in [3.05, 3.63) is 47.7 Å². The summed E-state index contributed by atoms with van der Waals surface area (Å²) in [5.74, 6) is 0.567. The molecule has 1 aromatic carbocycles. The van der Waals surface area contributed by atoms with Gasteiger partial charge in [-0.25, -0.2) is 4.98 Å². The molecule has 0 aliphatic heterocycles. The second-order valence-electron chi connectivity index (χ2n) is 7.04. The van der Waals surface area contributed by atoms with Gasteiger partial charge in [0, 0.05) is 19.1 Å². The molecule has 1 aliphatic carbocycles. The molecule has 1 amide bonds. The predicted octanol–water partition coefficient (Wildman–Crippen LogP) is 3.60. The van der Waals surface area contributed by atoms with Crippen molar-refractivity contribution in [3.8, 4) is 11.5 Å². The van der Waals surface area contributed by atoms with Gasteiger partial charge in [0.15, 0.2) is 11.6 Å². The number of nitrogens with zero attached hydrogens (tertiary/aromatic N) is 2. The minimum absolute atomic E-state index is 0.160. The van der Waals surface area contributed by atoms with Crippen LogP contribution in [0.25, 0.3) is 0 Å². The van der Waals surface area contributed by atoms with Crippen LogP contribution in [0.1, 0.15) is 35.8 Å². The molecule has 1 saturated carbocycles. The first-order chi connectivity index (χ1) is 13.7. The van der Waals surface area contributed by atoms with E-state index in [1.54, 1.807) is 13.0 Å². The lowest BCUT2D eigenvalue weighted by atomic mass is 10.2. The molecular weight excluding hydrogens is 387 g/mol. The number of pyridine rings is 1. The highest BCUT2D eigenvalue weighted by molar-refractivity contribution is 5.93. The number of nitrogens with one attached hydrogen (secondary N) is 1. The molecule has 9 heteroatoms. The highest BCUT2D eigenvalue weighted by Crippen LogP contribution is 2.37. The molecule has 1 atom stereocenters. The van der Waals surface area contributed by atoms with Crippen LogP contribution in [0.2, 0.25) is 0 Å². The number of amides is 1. The minimum atomic E-state index is -4.42. The van der Waals surface area contributed by atoms with Crippen LogP contribution in [0.5, 0.6) is 11.5 Å². The van der Waals surface area contributed by atoms with Gasteiger partial charge in [0.25, 0.3) is 5.91 Å². The number of aliphatic hydroxyl groups excluding tert-OH is 1. The Labute approximate surface area is 166 Å². The van der Waals surface area contributed by atoms with Gasteiger partial charge in [0.05, 0.1) is 12.2 Å². The van der Waals surface area contributed by atoms with Gasteiger partial charge in [-0.15, -0.1) is 0 Å². The summed E-state index contributed by atoms with van der Waals surface area (Å²) in [7, 11) is 1.83. The Morgan fingerprint density at radius 2 is 1.93 bits per heavy atom. The minimum Gasteiger partial charge on any atom is -0.453 e. The van der Waals surface area contributed by atoms with Crippen molar-refractivity contribution in [2.45, 2.75) is 38.0 Å². The topological polar surface area (TPSA) is 74.7 Å². The van der Waals surface area contributed by atoms with Crippen LogP contribution in [-0.4, -0.2) is 41.7 Å². The van der Waals surface area contributed by atoms with E-state index in [4.69, 9.17) is 9.84 Å². The van der Waals surface area contributed by atoms with E-state index in [-0.39, 0.29) is 24.1 Å². The Balaban J connectivity index is 1.86. The van der Waals surface area contributed by atoms with Gasteiger partial charge < -0.3 is 20.1 Å². The Kier molecular flexibility index (Phi) is 5.97. The number of hydrogen-bond donors (Lipinski definition) is 2. The van der Waals surface area contributed by atoms with E-state index in [1.807, 2.05) is 11.9 Å². The van der Waals surface area contributed by atoms with E-state index < -0.39 is 23.7 Å². The van der Waals surface area contributed by atoms with Crippen molar-refractivity contribution < 1.29 is 27.8 Å². The van der Waals surface area contributed by atoms with Crippen LogP contribution in [0.4, 0.5) is 19.0 Å². The standard InChI is InChI=1S/C20H22F3N3O3/c1-12(11-27)24-19(28)16-9-10-17(18(25-16)26(2)14-5-6-14)29-15-7-3-13(4-8-15)20(21,22)23/h3-4,7-10,12,14,27H,5-6,11H2,1-2H3,(H,24,28)/t12-/m1/s1. The molecule has 29 heavy (non-hydrogen) atoms. The first-order valence-corrected chi connectivity index (χ1v) is 9.19. The van der Waals surface area contributed by atoms with Gasteiger partial charge in [-0.3, -0.25) is 4.79 Å². The van der Waals surface area contributed by atoms with Gasteiger partial charge in [0.1, 0.15) is 11.4 Å². The van der Waals surface area contributed by atoms with Gasteiger partial charge in [-0.1, -0.05) is 0 Å². The van der Waals surface area contributed by atoms with Crippen molar-refractivity contribution in [1.29, 1.82) is 0 Å². The molecular formula is C20H22F3N3O3. The van der Waals surface area contributed by atoms with Crippen molar-refractivity contribution in [2.24, 2.45) is 0 Å². The zero-order valence-electron chi connectivity index (χ0n) is 16.0. The fraction of sp³-hybridized carbons (Fsp3) is 0.400. The Morgan fingerprint density at radius 3 is 2.48 bits per heavy atom. The molecule has 0 unspecified atom stereocenters. The molecule has 3 rings (SSSR count). The third-order valence-corrected chi connectivity index (χ3v) is 4.56. The molecule has 2 aromatic rings. The monoisotopic (exact) mass is 409 g/mol. The van der Waals surface area contributed by atoms with E-state index in [0.29, 0.717) is 11.6 Å². The lowest BCUT2D eigenvalue weighted by Gasteiger charge is -2.22. The zero-order valence-corrected chi connectivity index (χ0v) is 16.0. The number of rotatable bonds is 7. The van der Waals surface area contributed by atoms with Crippen LogP contribution in [0, 0.1) is 0 Å². The summed E-state index contributed by atoms with van der Waals surface area (Å²) in [6.07, 6.45) is -2.45. The third kappa shape index (κ3) is 5.17. The Morgan fingerprint density at radius 1 is 1.28 bits per heavy atom. The van der Waals surface area contributed by atoms with Crippen LogP contribution in [0.3, 0.4) is 0 Å². The van der Waals surface area contributed by atoms with Crippen LogP contribution in [0.15, 0.2) is 36.4 Å². The number of ether oxygens (including phenoxy) is 1. The van der Waals surface area contributed by atoms with Crippen molar-refractivity contribution in [1.82, 2.24) is 10.3 Å². The molecule has 2 N–H and O–H groups in total. The van der Waals surface area contributed by atoms with Gasteiger partial charge >= 0.3 is 6.18 Å². The molecule has 1 aromatic heterocycles. The number of aliphatic hydroxyl groups is 1. The van der Waals surface area contributed by atoms with E-state index in [9.17, 15) is 18.0 Å². The summed E-state index contributed by atoms with van der Waals surface area (Å²) in [5.41, 5.74) is -0.601. The summed E-state index contributed by atoms with van der Waals surface area (Å²) < 4.78 is 44.0. The molecule has 0 saturated heterocycles. The average molecular weight is 409 g/mol. The summed E-state index contributed by atoms with van der Waals surface area (Å²) >= 11 is 0. The van der Waals surface area contributed by atoms with Crippen molar-refractivity contribution >= 4 is 11.7 Å². The maximum Gasteiger partial charge on any atom is 0.416 e.